The van der Waals surface area contributed by atoms with Gasteiger partial charge in [0.2, 0.25) is 17.7 Å². The molecular weight excluding hydrogens is 322 g/mol. The molecule has 0 radical (unpaired) electrons. The lowest BCUT2D eigenvalue weighted by molar-refractivity contribution is -0.135. The van der Waals surface area contributed by atoms with Crippen LogP contribution in [0.1, 0.15) is 18.4 Å². The van der Waals surface area contributed by atoms with Gasteiger partial charge in [0, 0.05) is 26.1 Å². The van der Waals surface area contributed by atoms with Gasteiger partial charge in [-0.15, -0.1) is 0 Å². The molecule has 3 amide bonds. The van der Waals surface area contributed by atoms with Gasteiger partial charge in [-0.25, -0.2) is 0 Å². The average Bonchev–Trinajstić information content (AvgIpc) is 3.21. The maximum absolute atomic E-state index is 12.7. The van der Waals surface area contributed by atoms with Crippen molar-refractivity contribution >= 4 is 23.4 Å². The number of anilines is 1. The van der Waals surface area contributed by atoms with Crippen LogP contribution in [0.15, 0.2) is 18.2 Å². The molecule has 134 valence electrons. The number of methoxy groups -OCH3 is 1. The molecule has 2 N–H and O–H groups in total. The number of hydrogen-bond donors (Lipinski definition) is 1. The number of rotatable bonds is 4. The van der Waals surface area contributed by atoms with E-state index >= 15 is 0 Å². The van der Waals surface area contributed by atoms with Crippen molar-refractivity contribution in [3.63, 3.8) is 0 Å². The van der Waals surface area contributed by atoms with E-state index in [-0.39, 0.29) is 30.1 Å². The van der Waals surface area contributed by atoms with Gasteiger partial charge in [0.25, 0.3) is 0 Å². The van der Waals surface area contributed by atoms with Crippen LogP contribution in [-0.2, 0) is 14.4 Å². The number of benzene rings is 1. The minimum Gasteiger partial charge on any atom is -0.495 e. The van der Waals surface area contributed by atoms with Crippen molar-refractivity contribution in [2.45, 2.75) is 19.8 Å². The van der Waals surface area contributed by atoms with Crippen molar-refractivity contribution in [1.82, 2.24) is 4.90 Å². The zero-order chi connectivity index (χ0) is 18.1. The highest BCUT2D eigenvalue weighted by Crippen LogP contribution is 2.34. The Balaban J connectivity index is 1.74. The fraction of sp³-hybridized carbons (Fsp3) is 0.500. The minimum atomic E-state index is -0.399. The second-order valence-electron chi connectivity index (χ2n) is 6.75. The third-order valence-electron chi connectivity index (χ3n) is 5.00. The maximum atomic E-state index is 12.7. The van der Waals surface area contributed by atoms with E-state index in [0.717, 1.165) is 5.56 Å². The Morgan fingerprint density at radius 1 is 1.24 bits per heavy atom. The molecule has 25 heavy (non-hydrogen) atoms. The van der Waals surface area contributed by atoms with E-state index in [2.05, 4.69) is 0 Å². The van der Waals surface area contributed by atoms with Crippen LogP contribution in [0.4, 0.5) is 5.69 Å². The molecule has 0 bridgehead atoms. The predicted octanol–water partition coefficient (Wildman–Crippen LogP) is 0.690. The van der Waals surface area contributed by atoms with Crippen molar-refractivity contribution < 1.29 is 19.1 Å². The van der Waals surface area contributed by atoms with Crippen LogP contribution in [-0.4, -0.2) is 49.4 Å². The molecule has 2 heterocycles. The summed E-state index contributed by atoms with van der Waals surface area (Å²) in [6, 6.07) is 5.63. The Hall–Kier alpha value is -2.57. The first-order valence-electron chi connectivity index (χ1n) is 8.43. The van der Waals surface area contributed by atoms with E-state index < -0.39 is 5.92 Å². The van der Waals surface area contributed by atoms with Gasteiger partial charge in [0.1, 0.15) is 5.75 Å². The summed E-state index contributed by atoms with van der Waals surface area (Å²) in [5.41, 5.74) is 7.04. The summed E-state index contributed by atoms with van der Waals surface area (Å²) in [7, 11) is 1.56. The van der Waals surface area contributed by atoms with Crippen molar-refractivity contribution in [1.29, 1.82) is 0 Å². The molecule has 3 rings (SSSR count). The predicted molar refractivity (Wildman–Crippen MR) is 92.1 cm³/mol. The smallest absolute Gasteiger partial charge is 0.228 e. The second-order valence-corrected chi connectivity index (χ2v) is 6.75. The second kappa shape index (κ2) is 6.74. The molecule has 0 unspecified atom stereocenters. The van der Waals surface area contributed by atoms with Gasteiger partial charge in [0.15, 0.2) is 0 Å². The molecule has 1 aromatic rings. The zero-order valence-electron chi connectivity index (χ0n) is 14.5. The molecule has 7 heteroatoms. The number of carbonyl (C=O) groups excluding carboxylic acids is 3. The first-order chi connectivity index (χ1) is 11.9. The Morgan fingerprint density at radius 3 is 2.64 bits per heavy atom. The van der Waals surface area contributed by atoms with Crippen LogP contribution >= 0.6 is 0 Å². The maximum Gasteiger partial charge on any atom is 0.228 e. The molecule has 2 atom stereocenters. The molecule has 2 aliphatic heterocycles. The topological polar surface area (TPSA) is 92.9 Å². The number of nitrogens with two attached hydrogens (primary N) is 1. The Bertz CT molecular complexity index is 718. The van der Waals surface area contributed by atoms with Crippen LogP contribution in [0.3, 0.4) is 0 Å². The van der Waals surface area contributed by atoms with E-state index in [4.69, 9.17) is 10.5 Å². The monoisotopic (exact) mass is 345 g/mol. The average molecular weight is 345 g/mol. The van der Waals surface area contributed by atoms with Gasteiger partial charge in [-0.2, -0.15) is 0 Å². The number of aryl methyl sites for hydroxylation is 1. The Morgan fingerprint density at radius 2 is 2.00 bits per heavy atom. The first kappa shape index (κ1) is 17.3. The molecule has 0 spiro atoms. The minimum absolute atomic E-state index is 0.0776. The van der Waals surface area contributed by atoms with Gasteiger partial charge >= 0.3 is 0 Å². The van der Waals surface area contributed by atoms with Crippen LogP contribution in [0, 0.1) is 18.8 Å². The van der Waals surface area contributed by atoms with Crippen LogP contribution in [0.25, 0.3) is 0 Å². The summed E-state index contributed by atoms with van der Waals surface area (Å²) < 4.78 is 5.36. The van der Waals surface area contributed by atoms with Gasteiger partial charge in [-0.1, -0.05) is 6.07 Å². The van der Waals surface area contributed by atoms with E-state index in [9.17, 15) is 14.4 Å². The normalized spacial score (nSPS) is 23.2. The van der Waals surface area contributed by atoms with E-state index in [1.807, 2.05) is 25.1 Å². The van der Waals surface area contributed by atoms with Crippen molar-refractivity contribution in [3.05, 3.63) is 23.8 Å². The lowest BCUT2D eigenvalue weighted by Crippen LogP contribution is -2.37. The summed E-state index contributed by atoms with van der Waals surface area (Å²) in [6.07, 6.45) is 0.769. The van der Waals surface area contributed by atoms with E-state index in [1.54, 1.807) is 16.9 Å². The lowest BCUT2D eigenvalue weighted by Gasteiger charge is -2.22. The number of likely N-dealkylation sites (tertiary alicyclic amines) is 1. The molecule has 1 aromatic carbocycles. The summed E-state index contributed by atoms with van der Waals surface area (Å²) >= 11 is 0. The molecule has 0 aliphatic carbocycles. The fourth-order valence-electron chi connectivity index (χ4n) is 3.57. The van der Waals surface area contributed by atoms with Gasteiger partial charge < -0.3 is 20.3 Å². The van der Waals surface area contributed by atoms with Crippen LogP contribution < -0.4 is 15.4 Å². The highest BCUT2D eigenvalue weighted by atomic mass is 16.5. The highest BCUT2D eigenvalue weighted by Gasteiger charge is 2.40. The molecule has 0 saturated carbocycles. The van der Waals surface area contributed by atoms with Crippen molar-refractivity contribution in [2.75, 3.05) is 31.6 Å². The largest absolute Gasteiger partial charge is 0.495 e. The number of hydrogen-bond acceptors (Lipinski definition) is 4. The number of ether oxygens (including phenoxy) is 1. The van der Waals surface area contributed by atoms with Gasteiger partial charge in [-0.3, -0.25) is 14.4 Å². The molecule has 2 saturated heterocycles. The molecule has 2 fully saturated rings. The van der Waals surface area contributed by atoms with Gasteiger partial charge in [-0.05, 0) is 31.0 Å². The summed E-state index contributed by atoms with van der Waals surface area (Å²) in [4.78, 5) is 39.8. The van der Waals surface area contributed by atoms with Gasteiger partial charge in [0.05, 0.1) is 24.6 Å². The third-order valence-corrected chi connectivity index (χ3v) is 5.00. The van der Waals surface area contributed by atoms with E-state index in [0.29, 0.717) is 37.5 Å². The third kappa shape index (κ3) is 3.31. The fourth-order valence-corrected chi connectivity index (χ4v) is 3.57. The molecule has 2 aliphatic rings. The number of carbonyl (C=O) groups is 3. The zero-order valence-corrected chi connectivity index (χ0v) is 14.5. The van der Waals surface area contributed by atoms with Crippen LogP contribution in [0.2, 0.25) is 0 Å². The van der Waals surface area contributed by atoms with Crippen LogP contribution in [0.5, 0.6) is 5.75 Å². The Kier molecular flexibility index (Phi) is 4.65. The Labute approximate surface area is 146 Å². The lowest BCUT2D eigenvalue weighted by atomic mass is 10.1. The standard InChI is InChI=1S/C18H23N3O4/c1-11-3-4-15(25-2)14(7-11)21-10-13(8-16(21)22)18(24)20-6-5-12(9-20)17(19)23/h3-4,7,12-13H,5-6,8-10H2,1-2H3,(H2,19,23)/t12-,13-/m0/s1. The SMILES string of the molecule is COc1ccc(C)cc1N1C[C@@H](C(=O)N2CC[C@H](C(N)=O)C2)CC1=O. The van der Waals surface area contributed by atoms with E-state index in [1.165, 1.54) is 0 Å². The quantitative estimate of drug-likeness (QED) is 0.869. The first-order valence-corrected chi connectivity index (χ1v) is 8.43. The summed E-state index contributed by atoms with van der Waals surface area (Å²) in [5, 5.41) is 0. The van der Waals surface area contributed by atoms with Crippen molar-refractivity contribution in [2.24, 2.45) is 17.6 Å². The number of nitrogens with zero attached hydrogens (tertiary/aromatic N) is 2. The summed E-state index contributed by atoms with van der Waals surface area (Å²) in [6.45, 7) is 3.15. The molecule has 7 nitrogen and oxygen atoms in total. The number of primary amides is 1. The van der Waals surface area contributed by atoms with Crippen molar-refractivity contribution in [3.8, 4) is 5.75 Å². The molecule has 0 aromatic heterocycles. The number of amides is 3. The molecular formula is C18H23N3O4. The summed E-state index contributed by atoms with van der Waals surface area (Å²) in [5.74, 6) is -0.608. The highest BCUT2D eigenvalue weighted by molar-refractivity contribution is 6.01.